The third-order valence-electron chi connectivity index (χ3n) is 4.11. The number of methoxy groups -OCH3 is 1. The first kappa shape index (κ1) is 14.4. The van der Waals surface area contributed by atoms with Gasteiger partial charge in [0.25, 0.3) is 0 Å². The van der Waals surface area contributed by atoms with Gasteiger partial charge in [-0.1, -0.05) is 12.1 Å². The zero-order valence-corrected chi connectivity index (χ0v) is 12.4. The second-order valence-electron chi connectivity index (χ2n) is 5.48. The molecule has 0 aromatic heterocycles. The van der Waals surface area contributed by atoms with E-state index in [-0.39, 0.29) is 0 Å². The Balaban J connectivity index is 2.01. The molecule has 1 aliphatic heterocycles. The van der Waals surface area contributed by atoms with E-state index in [1.54, 1.807) is 7.11 Å². The molecule has 0 bridgehead atoms. The van der Waals surface area contributed by atoms with Crippen LogP contribution in [0, 0.1) is 0 Å². The Bertz CT molecular complexity index is 377. The fourth-order valence-corrected chi connectivity index (χ4v) is 2.68. The number of hydrogen-bond donors (Lipinski definition) is 1. The van der Waals surface area contributed by atoms with Crippen molar-refractivity contribution < 1.29 is 4.74 Å². The highest BCUT2D eigenvalue weighted by atomic mass is 16.5. The second kappa shape index (κ2) is 6.92. The molecule has 1 aromatic rings. The van der Waals surface area contributed by atoms with Crippen LogP contribution >= 0.6 is 0 Å². The molecule has 3 heteroatoms. The van der Waals surface area contributed by atoms with Gasteiger partial charge in [-0.05, 0) is 57.5 Å². The van der Waals surface area contributed by atoms with Crippen molar-refractivity contribution >= 4 is 0 Å². The molecule has 1 saturated heterocycles. The molecular formula is C16H26N2O. The summed E-state index contributed by atoms with van der Waals surface area (Å²) in [5.74, 6) is 0.932. The number of rotatable bonds is 3. The van der Waals surface area contributed by atoms with E-state index in [4.69, 9.17) is 4.74 Å². The van der Waals surface area contributed by atoms with Gasteiger partial charge in [-0.15, -0.1) is 0 Å². The smallest absolute Gasteiger partial charge is 0.118 e. The molecule has 0 saturated carbocycles. The van der Waals surface area contributed by atoms with Crippen LogP contribution in [0.4, 0.5) is 0 Å². The molecule has 1 fully saturated rings. The maximum atomic E-state index is 5.22. The van der Waals surface area contributed by atoms with Gasteiger partial charge in [0.05, 0.1) is 7.11 Å². The van der Waals surface area contributed by atoms with Gasteiger partial charge in [-0.3, -0.25) is 4.90 Å². The van der Waals surface area contributed by atoms with Crippen molar-refractivity contribution in [2.75, 3.05) is 26.7 Å². The maximum absolute atomic E-state index is 5.22. The molecule has 2 unspecified atom stereocenters. The fraction of sp³-hybridized carbons (Fsp3) is 0.625. The van der Waals surface area contributed by atoms with E-state index in [2.05, 4.69) is 48.3 Å². The minimum Gasteiger partial charge on any atom is -0.497 e. The maximum Gasteiger partial charge on any atom is 0.118 e. The molecule has 3 nitrogen and oxygen atoms in total. The van der Waals surface area contributed by atoms with Crippen molar-refractivity contribution in [2.24, 2.45) is 0 Å². The Kier molecular flexibility index (Phi) is 5.23. The zero-order chi connectivity index (χ0) is 13.7. The van der Waals surface area contributed by atoms with Gasteiger partial charge < -0.3 is 10.1 Å². The van der Waals surface area contributed by atoms with Crippen molar-refractivity contribution in [3.05, 3.63) is 29.8 Å². The lowest BCUT2D eigenvalue weighted by atomic mass is 10.0. The lowest BCUT2D eigenvalue weighted by Crippen LogP contribution is -2.39. The first-order valence-corrected chi connectivity index (χ1v) is 7.32. The molecule has 0 spiro atoms. The van der Waals surface area contributed by atoms with Gasteiger partial charge in [0.1, 0.15) is 5.75 Å². The third-order valence-corrected chi connectivity index (χ3v) is 4.11. The summed E-state index contributed by atoms with van der Waals surface area (Å²) < 4.78 is 5.22. The topological polar surface area (TPSA) is 24.5 Å². The van der Waals surface area contributed by atoms with E-state index in [1.165, 1.54) is 31.5 Å². The van der Waals surface area contributed by atoms with Crippen LogP contribution in [0.5, 0.6) is 5.75 Å². The van der Waals surface area contributed by atoms with Crippen LogP contribution in [-0.2, 0) is 0 Å². The highest BCUT2D eigenvalue weighted by molar-refractivity contribution is 5.28. The standard InChI is InChI=1S/C16H26N2O/c1-13-9-12-18(11-4-10-17-13)14(2)15-5-7-16(19-3)8-6-15/h5-8,13-14,17H,4,9-12H2,1-3H3. The minimum atomic E-state index is 0.483. The molecule has 106 valence electrons. The predicted octanol–water partition coefficient (Wildman–Crippen LogP) is 2.83. The summed E-state index contributed by atoms with van der Waals surface area (Å²) in [6, 6.07) is 9.59. The molecular weight excluding hydrogens is 236 g/mol. The Morgan fingerprint density at radius 3 is 2.68 bits per heavy atom. The van der Waals surface area contributed by atoms with E-state index in [9.17, 15) is 0 Å². The van der Waals surface area contributed by atoms with Crippen molar-refractivity contribution in [2.45, 2.75) is 38.8 Å². The Morgan fingerprint density at radius 2 is 2.00 bits per heavy atom. The lowest BCUT2D eigenvalue weighted by molar-refractivity contribution is 0.185. The van der Waals surface area contributed by atoms with Crippen molar-refractivity contribution in [1.29, 1.82) is 0 Å². The van der Waals surface area contributed by atoms with E-state index in [1.807, 2.05) is 0 Å². The Hall–Kier alpha value is -1.06. The SMILES string of the molecule is COc1ccc(C(C)N2CCCNC(C)CC2)cc1. The lowest BCUT2D eigenvalue weighted by Gasteiger charge is -2.32. The molecule has 0 amide bonds. The van der Waals surface area contributed by atoms with Gasteiger partial charge in [-0.25, -0.2) is 0 Å². The number of nitrogens with zero attached hydrogens (tertiary/aromatic N) is 1. The van der Waals surface area contributed by atoms with E-state index in [0.29, 0.717) is 12.1 Å². The van der Waals surface area contributed by atoms with Crippen LogP contribution in [0.15, 0.2) is 24.3 Å². The normalized spacial score (nSPS) is 23.4. The van der Waals surface area contributed by atoms with Crippen LogP contribution in [0.25, 0.3) is 0 Å². The zero-order valence-electron chi connectivity index (χ0n) is 12.4. The fourth-order valence-electron chi connectivity index (χ4n) is 2.68. The number of hydrogen-bond acceptors (Lipinski definition) is 3. The highest BCUT2D eigenvalue weighted by Crippen LogP contribution is 2.23. The summed E-state index contributed by atoms with van der Waals surface area (Å²) in [6.45, 7) is 8.06. The number of ether oxygens (including phenoxy) is 1. The Morgan fingerprint density at radius 1 is 1.26 bits per heavy atom. The molecule has 1 aliphatic rings. The largest absolute Gasteiger partial charge is 0.497 e. The van der Waals surface area contributed by atoms with Gasteiger partial charge in [-0.2, -0.15) is 0 Å². The number of nitrogens with one attached hydrogen (secondary N) is 1. The van der Waals surface area contributed by atoms with E-state index >= 15 is 0 Å². The summed E-state index contributed by atoms with van der Waals surface area (Å²) in [7, 11) is 1.71. The van der Waals surface area contributed by atoms with Gasteiger partial charge in [0, 0.05) is 18.6 Å². The molecule has 1 N–H and O–H groups in total. The van der Waals surface area contributed by atoms with Crippen molar-refractivity contribution in [3.63, 3.8) is 0 Å². The minimum absolute atomic E-state index is 0.483. The average Bonchev–Trinajstić information content (AvgIpc) is 2.43. The average molecular weight is 262 g/mol. The summed E-state index contributed by atoms with van der Waals surface area (Å²) in [5.41, 5.74) is 1.38. The first-order valence-electron chi connectivity index (χ1n) is 7.32. The van der Waals surface area contributed by atoms with Crippen LogP contribution in [0.3, 0.4) is 0 Å². The van der Waals surface area contributed by atoms with Crippen LogP contribution in [0.1, 0.15) is 38.3 Å². The van der Waals surface area contributed by atoms with E-state index < -0.39 is 0 Å². The predicted molar refractivity (Wildman–Crippen MR) is 79.7 cm³/mol. The summed E-state index contributed by atoms with van der Waals surface area (Å²) in [4.78, 5) is 2.60. The molecule has 0 radical (unpaired) electrons. The monoisotopic (exact) mass is 262 g/mol. The Labute approximate surface area is 116 Å². The second-order valence-corrected chi connectivity index (χ2v) is 5.48. The van der Waals surface area contributed by atoms with Gasteiger partial charge >= 0.3 is 0 Å². The third kappa shape index (κ3) is 3.95. The quantitative estimate of drug-likeness (QED) is 0.906. The van der Waals surface area contributed by atoms with Crippen LogP contribution in [-0.4, -0.2) is 37.7 Å². The molecule has 19 heavy (non-hydrogen) atoms. The van der Waals surface area contributed by atoms with Gasteiger partial charge in [0.15, 0.2) is 0 Å². The summed E-state index contributed by atoms with van der Waals surface area (Å²) >= 11 is 0. The van der Waals surface area contributed by atoms with Crippen LogP contribution in [0.2, 0.25) is 0 Å². The molecule has 1 aromatic carbocycles. The van der Waals surface area contributed by atoms with Crippen molar-refractivity contribution in [1.82, 2.24) is 10.2 Å². The highest BCUT2D eigenvalue weighted by Gasteiger charge is 2.18. The molecule has 2 atom stereocenters. The van der Waals surface area contributed by atoms with Crippen molar-refractivity contribution in [3.8, 4) is 5.75 Å². The summed E-state index contributed by atoms with van der Waals surface area (Å²) in [6.07, 6.45) is 2.45. The summed E-state index contributed by atoms with van der Waals surface area (Å²) in [5, 5.41) is 3.56. The van der Waals surface area contributed by atoms with E-state index in [0.717, 1.165) is 12.3 Å². The molecule has 1 heterocycles. The van der Waals surface area contributed by atoms with Crippen LogP contribution < -0.4 is 10.1 Å². The first-order chi connectivity index (χ1) is 9.20. The molecule has 2 rings (SSSR count). The van der Waals surface area contributed by atoms with Gasteiger partial charge in [0.2, 0.25) is 0 Å². The number of benzene rings is 1. The molecule has 0 aliphatic carbocycles.